The second-order valence-corrected chi connectivity index (χ2v) is 6.14. The molecule has 120 valence electrons. The quantitative estimate of drug-likeness (QED) is 0.754. The highest BCUT2D eigenvalue weighted by Crippen LogP contribution is 2.37. The Hall–Kier alpha value is -0.720. The fourth-order valence-electron chi connectivity index (χ4n) is 2.55. The van der Waals surface area contributed by atoms with E-state index in [1.807, 2.05) is 7.05 Å². The van der Waals surface area contributed by atoms with Crippen LogP contribution in [0, 0.1) is 0 Å². The van der Waals surface area contributed by atoms with E-state index >= 15 is 0 Å². The fourth-order valence-corrected chi connectivity index (χ4v) is 3.09. The number of alkyl halides is 3. The van der Waals surface area contributed by atoms with Crippen LogP contribution < -0.4 is 5.73 Å². The zero-order chi connectivity index (χ0) is 16.0. The van der Waals surface area contributed by atoms with Crippen LogP contribution in [-0.4, -0.2) is 30.0 Å². The molecule has 1 rings (SSSR count). The number of nitrogens with zero attached hydrogens (tertiary/aromatic N) is 1. The van der Waals surface area contributed by atoms with Crippen LogP contribution in [0.2, 0.25) is 0 Å². The smallest absolute Gasteiger partial charge is 0.329 e. The van der Waals surface area contributed by atoms with Gasteiger partial charge in [-0.05, 0) is 49.3 Å². The molecule has 6 heteroatoms. The number of likely N-dealkylation sites (N-methyl/N-ethyl adjacent to an activating group) is 1. The van der Waals surface area contributed by atoms with E-state index in [4.69, 9.17) is 5.73 Å². The fraction of sp³-hybridized carbons (Fsp3) is 0.600. The Bertz CT molecular complexity index is 416. The summed E-state index contributed by atoms with van der Waals surface area (Å²) in [6.07, 6.45) is 2.04. The zero-order valence-corrected chi connectivity index (χ0v) is 13.5. The summed E-state index contributed by atoms with van der Waals surface area (Å²) < 4.78 is 37.0. The first-order valence-electron chi connectivity index (χ1n) is 7.10. The molecular weight excluding hydrogens is 297 g/mol. The first kappa shape index (κ1) is 18.3. The Kier molecular flexibility index (Phi) is 7.03. The molecule has 0 amide bonds. The summed E-state index contributed by atoms with van der Waals surface area (Å²) in [5, 5.41) is 0. The minimum atomic E-state index is -4.25. The molecule has 0 spiro atoms. The molecule has 0 fully saturated rings. The molecule has 0 heterocycles. The van der Waals surface area contributed by atoms with E-state index in [-0.39, 0.29) is 22.7 Å². The molecule has 1 atom stereocenters. The van der Waals surface area contributed by atoms with E-state index in [0.717, 1.165) is 18.4 Å². The highest BCUT2D eigenvalue weighted by Gasteiger charge is 2.29. The maximum atomic E-state index is 12.3. The van der Waals surface area contributed by atoms with E-state index in [1.165, 1.54) is 12.1 Å². The molecule has 0 aliphatic carbocycles. The normalized spacial score (nSPS) is 14.0. The number of halogens is 3. The monoisotopic (exact) mass is 320 g/mol. The Labute approximate surface area is 128 Å². The van der Waals surface area contributed by atoms with E-state index in [0.29, 0.717) is 12.6 Å². The van der Waals surface area contributed by atoms with Crippen LogP contribution in [0.5, 0.6) is 0 Å². The minimum absolute atomic E-state index is 0.0276. The summed E-state index contributed by atoms with van der Waals surface area (Å²) in [5.41, 5.74) is 2.57. The van der Waals surface area contributed by atoms with Gasteiger partial charge >= 0.3 is 5.51 Å². The summed E-state index contributed by atoms with van der Waals surface area (Å²) in [5.74, 6) is 0. The number of thioether (sulfide) groups is 1. The third-order valence-corrected chi connectivity index (χ3v) is 4.47. The van der Waals surface area contributed by atoms with Crippen molar-refractivity contribution in [2.75, 3.05) is 13.6 Å². The molecule has 1 aromatic carbocycles. The average Bonchev–Trinajstić information content (AvgIpc) is 2.41. The summed E-state index contributed by atoms with van der Waals surface area (Å²) >= 11 is -0.0924. The molecular formula is C15H23F3N2S. The summed E-state index contributed by atoms with van der Waals surface area (Å²) in [7, 11) is 2.02. The van der Waals surface area contributed by atoms with Crippen molar-refractivity contribution in [2.24, 2.45) is 5.73 Å². The number of rotatable bonds is 7. The summed E-state index contributed by atoms with van der Waals surface area (Å²) in [6, 6.07) is 6.95. The van der Waals surface area contributed by atoms with Gasteiger partial charge in [0.1, 0.15) is 0 Å². The van der Waals surface area contributed by atoms with Gasteiger partial charge in [0.05, 0.1) is 0 Å². The molecule has 2 nitrogen and oxygen atoms in total. The van der Waals surface area contributed by atoms with Crippen LogP contribution in [0.4, 0.5) is 13.2 Å². The summed E-state index contributed by atoms with van der Waals surface area (Å²) in [6.45, 7) is 4.70. The topological polar surface area (TPSA) is 29.3 Å². The number of hydrogen-bond acceptors (Lipinski definition) is 3. The molecule has 0 aromatic heterocycles. The van der Waals surface area contributed by atoms with Crippen LogP contribution >= 0.6 is 11.8 Å². The molecule has 0 saturated heterocycles. The predicted octanol–water partition coefficient (Wildman–Crippen LogP) is 4.42. The third kappa shape index (κ3) is 5.52. The Morgan fingerprint density at radius 3 is 2.05 bits per heavy atom. The van der Waals surface area contributed by atoms with Crippen molar-refractivity contribution < 1.29 is 13.2 Å². The van der Waals surface area contributed by atoms with Crippen molar-refractivity contribution in [2.45, 2.75) is 49.2 Å². The third-order valence-electron chi connectivity index (χ3n) is 3.73. The van der Waals surface area contributed by atoms with Gasteiger partial charge in [-0.25, -0.2) is 0 Å². The van der Waals surface area contributed by atoms with Gasteiger partial charge in [-0.15, -0.1) is 0 Å². The van der Waals surface area contributed by atoms with Gasteiger partial charge < -0.3 is 5.73 Å². The van der Waals surface area contributed by atoms with E-state index < -0.39 is 5.51 Å². The molecule has 0 bridgehead atoms. The van der Waals surface area contributed by atoms with Crippen LogP contribution in [0.1, 0.15) is 38.3 Å². The number of hydrogen-bond donors (Lipinski definition) is 1. The number of benzene rings is 1. The van der Waals surface area contributed by atoms with Crippen LogP contribution in [0.3, 0.4) is 0 Å². The lowest BCUT2D eigenvalue weighted by atomic mass is 10.0. The van der Waals surface area contributed by atoms with Gasteiger partial charge in [-0.3, -0.25) is 4.90 Å². The predicted molar refractivity (Wildman–Crippen MR) is 82.3 cm³/mol. The minimum Gasteiger partial charge on any atom is -0.329 e. The number of nitrogens with two attached hydrogens (primary N) is 1. The zero-order valence-electron chi connectivity index (χ0n) is 12.7. The van der Waals surface area contributed by atoms with Gasteiger partial charge in [0.15, 0.2) is 0 Å². The van der Waals surface area contributed by atoms with Gasteiger partial charge in [-0.2, -0.15) is 13.2 Å². The lowest BCUT2D eigenvalue weighted by Crippen LogP contribution is -2.38. The maximum absolute atomic E-state index is 12.3. The molecule has 0 aliphatic heterocycles. The van der Waals surface area contributed by atoms with Crippen molar-refractivity contribution >= 4 is 11.8 Å². The Morgan fingerprint density at radius 2 is 1.67 bits per heavy atom. The molecule has 1 aromatic rings. The van der Waals surface area contributed by atoms with Crippen molar-refractivity contribution in [3.8, 4) is 0 Å². The van der Waals surface area contributed by atoms with Gasteiger partial charge in [0, 0.05) is 23.5 Å². The van der Waals surface area contributed by atoms with Gasteiger partial charge in [-0.1, -0.05) is 26.0 Å². The Morgan fingerprint density at radius 1 is 1.14 bits per heavy atom. The first-order chi connectivity index (χ1) is 9.82. The highest BCUT2D eigenvalue weighted by atomic mass is 32.2. The highest BCUT2D eigenvalue weighted by molar-refractivity contribution is 8.00. The van der Waals surface area contributed by atoms with E-state index in [9.17, 15) is 13.2 Å². The SMILES string of the molecule is CCC(CC)N(C)C(CN)c1ccc(SC(F)(F)F)cc1. The lowest BCUT2D eigenvalue weighted by molar-refractivity contribution is -0.0328. The first-order valence-corrected chi connectivity index (χ1v) is 7.91. The van der Waals surface area contributed by atoms with Crippen molar-refractivity contribution in [1.82, 2.24) is 4.90 Å². The molecule has 1 unspecified atom stereocenters. The molecule has 0 aliphatic rings. The second-order valence-electron chi connectivity index (χ2n) is 5.00. The van der Waals surface area contributed by atoms with Crippen LogP contribution in [-0.2, 0) is 0 Å². The van der Waals surface area contributed by atoms with Crippen molar-refractivity contribution in [1.29, 1.82) is 0 Å². The largest absolute Gasteiger partial charge is 0.446 e. The molecule has 2 N–H and O–H groups in total. The van der Waals surface area contributed by atoms with E-state index in [2.05, 4.69) is 18.7 Å². The molecule has 0 radical (unpaired) electrons. The van der Waals surface area contributed by atoms with Crippen molar-refractivity contribution in [3.63, 3.8) is 0 Å². The van der Waals surface area contributed by atoms with Gasteiger partial charge in [0.25, 0.3) is 0 Å². The maximum Gasteiger partial charge on any atom is 0.446 e. The average molecular weight is 320 g/mol. The van der Waals surface area contributed by atoms with Gasteiger partial charge in [0.2, 0.25) is 0 Å². The van der Waals surface area contributed by atoms with E-state index in [1.54, 1.807) is 12.1 Å². The van der Waals surface area contributed by atoms with Crippen LogP contribution in [0.25, 0.3) is 0 Å². The second kappa shape index (κ2) is 8.06. The standard InChI is InChI=1S/C15H23F3N2S/c1-4-12(5-2)20(3)14(10-19)11-6-8-13(9-7-11)21-15(16,17)18/h6-9,12,14H,4-5,10,19H2,1-3H3. The van der Waals surface area contributed by atoms with Crippen molar-refractivity contribution in [3.05, 3.63) is 29.8 Å². The Balaban J connectivity index is 2.87. The molecule has 21 heavy (non-hydrogen) atoms. The van der Waals surface area contributed by atoms with Crippen LogP contribution in [0.15, 0.2) is 29.2 Å². The molecule has 0 saturated carbocycles. The lowest BCUT2D eigenvalue weighted by Gasteiger charge is -2.34. The summed E-state index contributed by atoms with van der Waals surface area (Å²) in [4.78, 5) is 2.42.